The van der Waals surface area contributed by atoms with Gasteiger partial charge in [-0.2, -0.15) is 0 Å². The van der Waals surface area contributed by atoms with E-state index in [0.29, 0.717) is 28.0 Å². The number of halogens is 3. The van der Waals surface area contributed by atoms with Crippen molar-refractivity contribution < 1.29 is 9.15 Å². The van der Waals surface area contributed by atoms with Crippen molar-refractivity contribution in [2.75, 3.05) is 5.73 Å². The number of ether oxygens (including phenoxy) is 1. The van der Waals surface area contributed by atoms with Gasteiger partial charge in [-0.15, -0.1) is 5.10 Å². The number of anilines is 1. The largest absolute Gasteiger partial charge is 0.486 e. The molecule has 0 saturated carbocycles. The minimum atomic E-state index is -0.0257. The highest BCUT2D eigenvalue weighted by Crippen LogP contribution is 2.37. The average Bonchev–Trinajstić information content (AvgIpc) is 2.93. The molecule has 2 N–H and O–H groups in total. The van der Waals surface area contributed by atoms with Crippen LogP contribution in [0.15, 0.2) is 45.3 Å². The monoisotopic (exact) mass is 413 g/mol. The van der Waals surface area contributed by atoms with Crippen molar-refractivity contribution in [3.8, 4) is 17.2 Å². The Morgan fingerprint density at radius 3 is 2.48 bits per heavy atom. The first kappa shape index (κ1) is 16.1. The minimum Gasteiger partial charge on any atom is -0.486 e. The summed E-state index contributed by atoms with van der Waals surface area (Å²) in [6.45, 7) is 0.339. The van der Waals surface area contributed by atoms with Crippen LogP contribution in [0.3, 0.4) is 0 Å². The second kappa shape index (κ2) is 6.78. The van der Waals surface area contributed by atoms with Crippen LogP contribution in [0, 0.1) is 0 Å². The molecule has 1 aromatic heterocycles. The molecule has 3 aromatic rings. The van der Waals surface area contributed by atoms with Crippen LogP contribution < -0.4 is 10.5 Å². The number of nitrogens with zero attached hydrogens (tertiary/aromatic N) is 2. The molecule has 0 spiro atoms. The van der Waals surface area contributed by atoms with Crippen molar-refractivity contribution in [2.24, 2.45) is 0 Å². The van der Waals surface area contributed by atoms with Gasteiger partial charge in [-0.3, -0.25) is 0 Å². The maximum atomic E-state index is 6.25. The highest BCUT2D eigenvalue weighted by molar-refractivity contribution is 9.10. The van der Waals surface area contributed by atoms with E-state index in [1.54, 1.807) is 12.1 Å². The van der Waals surface area contributed by atoms with Crippen molar-refractivity contribution in [1.29, 1.82) is 0 Å². The Bertz CT molecular complexity index is 831. The van der Waals surface area contributed by atoms with Crippen LogP contribution in [0.25, 0.3) is 11.5 Å². The second-order valence-corrected chi connectivity index (χ2v) is 6.36. The fourth-order valence-electron chi connectivity index (χ4n) is 1.95. The van der Waals surface area contributed by atoms with E-state index in [2.05, 4.69) is 26.1 Å². The summed E-state index contributed by atoms with van der Waals surface area (Å²) < 4.78 is 11.9. The van der Waals surface area contributed by atoms with Crippen LogP contribution in [0.5, 0.6) is 5.75 Å². The predicted octanol–water partition coefficient (Wildman–Crippen LogP) is 4.97. The van der Waals surface area contributed by atoms with Gasteiger partial charge < -0.3 is 14.9 Å². The van der Waals surface area contributed by atoms with E-state index < -0.39 is 0 Å². The van der Waals surface area contributed by atoms with Crippen LogP contribution >= 0.6 is 39.1 Å². The molecule has 1 heterocycles. The molecule has 0 radical (unpaired) electrons. The molecular weight excluding hydrogens is 405 g/mol. The predicted molar refractivity (Wildman–Crippen MR) is 92.6 cm³/mol. The lowest BCUT2D eigenvalue weighted by Crippen LogP contribution is -1.97. The van der Waals surface area contributed by atoms with E-state index in [1.165, 1.54) is 0 Å². The Labute approximate surface area is 150 Å². The summed E-state index contributed by atoms with van der Waals surface area (Å²) in [6, 6.07) is 11.0. The molecule has 2 aromatic carbocycles. The van der Waals surface area contributed by atoms with E-state index in [0.717, 1.165) is 10.0 Å². The molecule has 0 amide bonds. The van der Waals surface area contributed by atoms with Crippen LogP contribution in [0.2, 0.25) is 10.0 Å². The van der Waals surface area contributed by atoms with Gasteiger partial charge in [0.05, 0.1) is 10.0 Å². The van der Waals surface area contributed by atoms with Gasteiger partial charge in [0.2, 0.25) is 5.89 Å². The Hall–Kier alpha value is -1.76. The SMILES string of the molecule is Nc1nnc(-c2cc(Cl)c(OCc3cccc(Br)c3)c(Cl)c2)o1. The summed E-state index contributed by atoms with van der Waals surface area (Å²) in [7, 11) is 0. The molecule has 0 unspecified atom stereocenters. The summed E-state index contributed by atoms with van der Waals surface area (Å²) in [5, 5.41) is 8.09. The summed E-state index contributed by atoms with van der Waals surface area (Å²) in [4.78, 5) is 0. The smallest absolute Gasteiger partial charge is 0.313 e. The first-order valence-corrected chi connectivity index (χ1v) is 8.03. The molecule has 0 atom stereocenters. The van der Waals surface area contributed by atoms with Gasteiger partial charge in [-0.05, 0) is 29.8 Å². The molecule has 0 fully saturated rings. The van der Waals surface area contributed by atoms with E-state index in [4.69, 9.17) is 38.1 Å². The van der Waals surface area contributed by atoms with E-state index in [1.807, 2.05) is 24.3 Å². The van der Waals surface area contributed by atoms with Crippen LogP contribution in [0.1, 0.15) is 5.56 Å². The number of nitrogens with two attached hydrogens (primary N) is 1. The van der Waals surface area contributed by atoms with Gasteiger partial charge in [-0.25, -0.2) is 0 Å². The van der Waals surface area contributed by atoms with E-state index >= 15 is 0 Å². The van der Waals surface area contributed by atoms with Gasteiger partial charge in [0.1, 0.15) is 6.61 Å². The molecular formula is C15H10BrCl2N3O2. The Morgan fingerprint density at radius 2 is 1.87 bits per heavy atom. The van der Waals surface area contributed by atoms with E-state index in [9.17, 15) is 0 Å². The standard InChI is InChI=1S/C15H10BrCl2N3O2/c16-10-3-1-2-8(4-10)7-22-13-11(17)5-9(6-12(13)18)14-20-21-15(19)23-14/h1-6H,7H2,(H2,19,21). The summed E-state index contributed by atoms with van der Waals surface area (Å²) in [6.07, 6.45) is 0. The summed E-state index contributed by atoms with van der Waals surface area (Å²) >= 11 is 15.9. The van der Waals surface area contributed by atoms with Crippen LogP contribution in [-0.4, -0.2) is 10.2 Å². The third-order valence-electron chi connectivity index (χ3n) is 2.96. The Kier molecular flexibility index (Phi) is 4.75. The number of nitrogen functional groups attached to an aromatic ring is 1. The van der Waals surface area contributed by atoms with Crippen molar-refractivity contribution >= 4 is 45.1 Å². The topological polar surface area (TPSA) is 74.2 Å². The maximum absolute atomic E-state index is 6.25. The summed E-state index contributed by atoms with van der Waals surface area (Å²) in [5.41, 5.74) is 6.97. The van der Waals surface area contributed by atoms with Crippen LogP contribution in [0.4, 0.5) is 6.01 Å². The normalized spacial score (nSPS) is 10.7. The van der Waals surface area contributed by atoms with E-state index in [-0.39, 0.29) is 11.9 Å². The number of aromatic nitrogens is 2. The summed E-state index contributed by atoms with van der Waals surface area (Å²) in [5.74, 6) is 0.634. The van der Waals surface area contributed by atoms with Gasteiger partial charge in [0.15, 0.2) is 5.75 Å². The lowest BCUT2D eigenvalue weighted by atomic mass is 10.2. The minimum absolute atomic E-state index is 0.0257. The lowest BCUT2D eigenvalue weighted by molar-refractivity contribution is 0.306. The Morgan fingerprint density at radius 1 is 1.13 bits per heavy atom. The van der Waals surface area contributed by atoms with Gasteiger partial charge >= 0.3 is 6.01 Å². The fourth-order valence-corrected chi connectivity index (χ4v) is 3.00. The fraction of sp³-hybridized carbons (Fsp3) is 0.0667. The molecule has 5 nitrogen and oxygen atoms in total. The molecule has 0 saturated heterocycles. The molecule has 0 aliphatic heterocycles. The van der Waals surface area contributed by atoms with Gasteiger partial charge in [-0.1, -0.05) is 56.4 Å². The quantitative estimate of drug-likeness (QED) is 0.652. The number of hydrogen-bond donors (Lipinski definition) is 1. The zero-order valence-electron chi connectivity index (χ0n) is 11.6. The highest BCUT2D eigenvalue weighted by Gasteiger charge is 2.14. The first-order valence-electron chi connectivity index (χ1n) is 6.48. The first-order chi connectivity index (χ1) is 11.0. The van der Waals surface area contributed by atoms with Crippen molar-refractivity contribution in [3.05, 3.63) is 56.5 Å². The number of benzene rings is 2. The van der Waals surface area contributed by atoms with Gasteiger partial charge in [0.25, 0.3) is 0 Å². The van der Waals surface area contributed by atoms with Crippen molar-refractivity contribution in [1.82, 2.24) is 10.2 Å². The Balaban J connectivity index is 1.83. The van der Waals surface area contributed by atoms with Crippen molar-refractivity contribution in [2.45, 2.75) is 6.61 Å². The third-order valence-corrected chi connectivity index (χ3v) is 4.01. The molecule has 3 rings (SSSR count). The molecule has 0 aliphatic carbocycles. The number of rotatable bonds is 4. The molecule has 0 bridgehead atoms. The van der Waals surface area contributed by atoms with Crippen molar-refractivity contribution in [3.63, 3.8) is 0 Å². The van der Waals surface area contributed by atoms with Gasteiger partial charge in [0, 0.05) is 10.0 Å². The average molecular weight is 415 g/mol. The molecule has 118 valence electrons. The highest BCUT2D eigenvalue weighted by atomic mass is 79.9. The third kappa shape index (κ3) is 3.77. The maximum Gasteiger partial charge on any atom is 0.313 e. The number of hydrogen-bond acceptors (Lipinski definition) is 5. The molecule has 23 heavy (non-hydrogen) atoms. The zero-order chi connectivity index (χ0) is 16.4. The molecule has 8 heteroatoms. The molecule has 0 aliphatic rings. The second-order valence-electron chi connectivity index (χ2n) is 4.63. The van der Waals surface area contributed by atoms with Crippen LogP contribution in [-0.2, 0) is 6.61 Å². The zero-order valence-corrected chi connectivity index (χ0v) is 14.7. The lowest BCUT2D eigenvalue weighted by Gasteiger charge is -2.11.